The summed E-state index contributed by atoms with van der Waals surface area (Å²) in [5.74, 6) is -0.702. The van der Waals surface area contributed by atoms with Crippen LogP contribution in [0.15, 0.2) is 18.2 Å². The minimum atomic E-state index is -0.629. The third-order valence-electron chi connectivity index (χ3n) is 5.26. The zero-order chi connectivity index (χ0) is 17.4. The van der Waals surface area contributed by atoms with Gasteiger partial charge in [0.25, 0.3) is 0 Å². The highest BCUT2D eigenvalue weighted by atomic mass is 19.1. The SMILES string of the molecule is O=C1C[C@@H](C(=O)NCc2nc3ccc(F)cc3[nH]2)C2(CCCCC2)O1. The van der Waals surface area contributed by atoms with Crippen molar-refractivity contribution in [1.29, 1.82) is 0 Å². The van der Waals surface area contributed by atoms with Crippen molar-refractivity contribution in [1.82, 2.24) is 15.3 Å². The molecular weight excluding hydrogens is 325 g/mol. The van der Waals surface area contributed by atoms with E-state index < -0.39 is 11.5 Å². The van der Waals surface area contributed by atoms with Crippen molar-refractivity contribution in [3.05, 3.63) is 29.8 Å². The molecule has 1 saturated carbocycles. The first-order valence-electron chi connectivity index (χ1n) is 8.69. The second-order valence-electron chi connectivity index (χ2n) is 6.92. The van der Waals surface area contributed by atoms with E-state index >= 15 is 0 Å². The van der Waals surface area contributed by atoms with Crippen molar-refractivity contribution in [2.75, 3.05) is 0 Å². The van der Waals surface area contributed by atoms with E-state index in [2.05, 4.69) is 15.3 Å². The Labute approximate surface area is 144 Å². The number of carbonyl (C=O) groups excluding carboxylic acids is 2. The topological polar surface area (TPSA) is 84.1 Å². The van der Waals surface area contributed by atoms with Crippen LogP contribution in [0.25, 0.3) is 11.0 Å². The number of hydrogen-bond acceptors (Lipinski definition) is 4. The van der Waals surface area contributed by atoms with Crippen LogP contribution in [0, 0.1) is 11.7 Å². The average molecular weight is 345 g/mol. The number of nitrogens with zero attached hydrogens (tertiary/aromatic N) is 1. The van der Waals surface area contributed by atoms with Crippen molar-refractivity contribution in [3.8, 4) is 0 Å². The summed E-state index contributed by atoms with van der Waals surface area (Å²) in [6.45, 7) is 0.204. The molecule has 132 valence electrons. The number of nitrogens with one attached hydrogen (secondary N) is 2. The molecule has 1 amide bonds. The number of imidazole rings is 1. The van der Waals surface area contributed by atoms with Crippen molar-refractivity contribution < 1.29 is 18.7 Å². The molecule has 0 unspecified atom stereocenters. The largest absolute Gasteiger partial charge is 0.458 e. The molecule has 1 aliphatic carbocycles. The molecule has 2 heterocycles. The predicted molar refractivity (Wildman–Crippen MR) is 87.9 cm³/mol. The lowest BCUT2D eigenvalue weighted by Gasteiger charge is -2.35. The van der Waals surface area contributed by atoms with Crippen LogP contribution in [-0.2, 0) is 20.9 Å². The summed E-state index contributed by atoms with van der Waals surface area (Å²) in [4.78, 5) is 31.8. The molecule has 1 aliphatic heterocycles. The van der Waals surface area contributed by atoms with Gasteiger partial charge in [-0.15, -0.1) is 0 Å². The van der Waals surface area contributed by atoms with Crippen LogP contribution in [0.3, 0.4) is 0 Å². The number of aromatic nitrogens is 2. The molecule has 1 spiro atoms. The Morgan fingerprint density at radius 1 is 1.36 bits per heavy atom. The van der Waals surface area contributed by atoms with Gasteiger partial charge in [-0.1, -0.05) is 6.42 Å². The number of rotatable bonds is 3. The van der Waals surface area contributed by atoms with Gasteiger partial charge in [-0.25, -0.2) is 9.37 Å². The summed E-state index contributed by atoms with van der Waals surface area (Å²) in [7, 11) is 0. The van der Waals surface area contributed by atoms with Crippen LogP contribution in [-0.4, -0.2) is 27.4 Å². The lowest BCUT2D eigenvalue weighted by atomic mass is 9.75. The Morgan fingerprint density at radius 3 is 2.96 bits per heavy atom. The van der Waals surface area contributed by atoms with E-state index in [1.807, 2.05) is 0 Å². The zero-order valence-corrected chi connectivity index (χ0v) is 13.8. The number of hydrogen-bond donors (Lipinski definition) is 2. The minimum absolute atomic E-state index is 0.136. The molecule has 1 saturated heterocycles. The molecule has 2 aromatic rings. The van der Waals surface area contributed by atoms with Crippen LogP contribution >= 0.6 is 0 Å². The van der Waals surface area contributed by atoms with Crippen molar-refractivity contribution in [2.24, 2.45) is 5.92 Å². The van der Waals surface area contributed by atoms with E-state index in [1.165, 1.54) is 12.1 Å². The number of amides is 1. The molecule has 2 fully saturated rings. The molecule has 2 aliphatic rings. The van der Waals surface area contributed by atoms with E-state index in [1.54, 1.807) is 6.07 Å². The predicted octanol–water partition coefficient (Wildman–Crippen LogP) is 2.58. The number of ether oxygens (including phenoxy) is 1. The van der Waals surface area contributed by atoms with Crippen molar-refractivity contribution >= 4 is 22.9 Å². The van der Waals surface area contributed by atoms with E-state index in [-0.39, 0.29) is 30.7 Å². The third kappa shape index (κ3) is 2.99. The Morgan fingerprint density at radius 2 is 2.16 bits per heavy atom. The van der Waals surface area contributed by atoms with Crippen LogP contribution in [0.2, 0.25) is 0 Å². The molecule has 0 bridgehead atoms. The number of aromatic amines is 1. The van der Waals surface area contributed by atoms with Gasteiger partial charge in [-0.3, -0.25) is 9.59 Å². The number of halogens is 1. The van der Waals surface area contributed by atoms with Crippen LogP contribution in [0.5, 0.6) is 0 Å². The number of fused-ring (bicyclic) bond motifs is 1. The Hall–Kier alpha value is -2.44. The zero-order valence-electron chi connectivity index (χ0n) is 13.8. The lowest BCUT2D eigenvalue weighted by Crippen LogP contribution is -2.45. The molecule has 2 N–H and O–H groups in total. The second kappa shape index (κ2) is 6.13. The fourth-order valence-electron chi connectivity index (χ4n) is 4.04. The highest BCUT2D eigenvalue weighted by Crippen LogP contribution is 2.44. The minimum Gasteiger partial charge on any atom is -0.458 e. The second-order valence-corrected chi connectivity index (χ2v) is 6.92. The smallest absolute Gasteiger partial charge is 0.307 e. The summed E-state index contributed by atoms with van der Waals surface area (Å²) in [5, 5.41) is 2.85. The number of esters is 1. The van der Waals surface area contributed by atoms with Gasteiger partial charge in [-0.05, 0) is 43.9 Å². The molecule has 1 aromatic carbocycles. The Balaban J connectivity index is 1.46. The summed E-state index contributed by atoms with van der Waals surface area (Å²) >= 11 is 0. The van der Waals surface area contributed by atoms with Gasteiger partial charge < -0.3 is 15.0 Å². The summed E-state index contributed by atoms with van der Waals surface area (Å²) in [5.41, 5.74) is 0.609. The summed E-state index contributed by atoms with van der Waals surface area (Å²) < 4.78 is 18.8. The van der Waals surface area contributed by atoms with Crippen molar-refractivity contribution in [3.63, 3.8) is 0 Å². The van der Waals surface area contributed by atoms with Gasteiger partial charge in [0.15, 0.2) is 0 Å². The van der Waals surface area contributed by atoms with Crippen LogP contribution < -0.4 is 5.32 Å². The quantitative estimate of drug-likeness (QED) is 0.838. The van der Waals surface area contributed by atoms with Gasteiger partial charge in [0.1, 0.15) is 17.2 Å². The Kier molecular flexibility index (Phi) is 3.94. The molecule has 4 rings (SSSR count). The fourth-order valence-corrected chi connectivity index (χ4v) is 4.04. The number of benzene rings is 1. The highest BCUT2D eigenvalue weighted by molar-refractivity contribution is 5.88. The first-order valence-corrected chi connectivity index (χ1v) is 8.69. The summed E-state index contributed by atoms with van der Waals surface area (Å²) in [6, 6.07) is 4.31. The van der Waals surface area contributed by atoms with Crippen molar-refractivity contribution in [2.45, 2.75) is 50.7 Å². The van der Waals surface area contributed by atoms with Crippen LogP contribution in [0.1, 0.15) is 44.3 Å². The van der Waals surface area contributed by atoms with Gasteiger partial charge in [0, 0.05) is 0 Å². The Bertz CT molecular complexity index is 826. The summed E-state index contributed by atoms with van der Waals surface area (Å²) in [6.07, 6.45) is 4.71. The molecular formula is C18H20FN3O3. The van der Waals surface area contributed by atoms with Gasteiger partial charge in [0.05, 0.1) is 29.9 Å². The van der Waals surface area contributed by atoms with Gasteiger partial charge >= 0.3 is 5.97 Å². The normalized spacial score (nSPS) is 22.3. The fraction of sp³-hybridized carbons (Fsp3) is 0.500. The molecule has 6 nitrogen and oxygen atoms in total. The van der Waals surface area contributed by atoms with E-state index in [0.29, 0.717) is 16.9 Å². The van der Waals surface area contributed by atoms with Gasteiger partial charge in [-0.2, -0.15) is 0 Å². The maximum absolute atomic E-state index is 13.2. The maximum atomic E-state index is 13.2. The lowest BCUT2D eigenvalue weighted by molar-refractivity contribution is -0.153. The first kappa shape index (κ1) is 16.1. The monoisotopic (exact) mass is 345 g/mol. The first-order chi connectivity index (χ1) is 12.1. The molecule has 1 atom stereocenters. The maximum Gasteiger partial charge on any atom is 0.307 e. The molecule has 7 heteroatoms. The molecule has 1 aromatic heterocycles. The number of carbonyl (C=O) groups is 2. The molecule has 25 heavy (non-hydrogen) atoms. The van der Waals surface area contributed by atoms with Crippen LogP contribution in [0.4, 0.5) is 4.39 Å². The molecule has 0 radical (unpaired) electrons. The highest BCUT2D eigenvalue weighted by Gasteiger charge is 2.52. The third-order valence-corrected chi connectivity index (χ3v) is 5.26. The van der Waals surface area contributed by atoms with E-state index in [0.717, 1.165) is 32.1 Å². The van der Waals surface area contributed by atoms with E-state index in [4.69, 9.17) is 4.74 Å². The van der Waals surface area contributed by atoms with Gasteiger partial charge in [0.2, 0.25) is 5.91 Å². The standard InChI is InChI=1S/C18H20FN3O3/c19-11-4-5-13-14(8-11)22-15(21-13)10-20-17(24)12-9-16(23)25-18(12)6-2-1-3-7-18/h4-5,8,12H,1-3,6-7,9-10H2,(H,20,24)(H,21,22)/t12-/m0/s1. The number of H-pyrrole nitrogens is 1. The van der Waals surface area contributed by atoms with E-state index in [9.17, 15) is 14.0 Å². The average Bonchev–Trinajstić information content (AvgIpc) is 3.13.